The van der Waals surface area contributed by atoms with Crippen LogP contribution in [0.25, 0.3) is 0 Å². The predicted molar refractivity (Wildman–Crippen MR) is 141 cm³/mol. The van der Waals surface area contributed by atoms with Gasteiger partial charge in [-0.2, -0.15) is 0 Å². The Balaban J connectivity index is 1.11. The smallest absolute Gasteiger partial charge is 0.231 e. The second kappa shape index (κ2) is 10.6. The number of piperidine rings is 3. The fourth-order valence-electron chi connectivity index (χ4n) is 7.26. The highest BCUT2D eigenvalue weighted by Gasteiger charge is 2.48. The van der Waals surface area contributed by atoms with Crippen LogP contribution in [0.15, 0.2) is 42.5 Å². The van der Waals surface area contributed by atoms with Gasteiger partial charge in [0.1, 0.15) is 0 Å². The zero-order valence-electron chi connectivity index (χ0n) is 20.6. The van der Waals surface area contributed by atoms with E-state index in [1.165, 1.54) is 70.1 Å². The zero-order chi connectivity index (χ0) is 23.6. The van der Waals surface area contributed by atoms with E-state index >= 15 is 0 Å². The molecule has 4 aliphatic heterocycles. The van der Waals surface area contributed by atoms with E-state index in [9.17, 15) is 0 Å². The van der Waals surface area contributed by atoms with Crippen molar-refractivity contribution >= 4 is 17.3 Å². The van der Waals surface area contributed by atoms with E-state index in [4.69, 9.17) is 21.1 Å². The van der Waals surface area contributed by atoms with Gasteiger partial charge in [-0.25, -0.2) is 0 Å². The van der Waals surface area contributed by atoms with Gasteiger partial charge < -0.3 is 14.8 Å². The molecule has 6 heteroatoms. The monoisotopic (exact) mass is 495 g/mol. The minimum atomic E-state index is 0.319. The lowest BCUT2D eigenvalue weighted by atomic mass is 9.69. The number of fused-ring (bicyclic) bond motifs is 1. The highest BCUT2D eigenvalue weighted by atomic mass is 35.5. The summed E-state index contributed by atoms with van der Waals surface area (Å²) in [5, 5.41) is 4.42. The first kappa shape index (κ1) is 23.4. The van der Waals surface area contributed by atoms with E-state index < -0.39 is 0 Å². The van der Waals surface area contributed by atoms with Crippen LogP contribution in [0.4, 0.5) is 5.69 Å². The van der Waals surface area contributed by atoms with Gasteiger partial charge >= 0.3 is 0 Å². The van der Waals surface area contributed by atoms with Crippen LogP contribution in [0.2, 0.25) is 5.02 Å². The Morgan fingerprint density at radius 2 is 1.83 bits per heavy atom. The standard InChI is InChI=1S/C29H38ClN3O2/c30-23-13-11-21(12-14-23)18-33-19-22-6-4-16-32-17-5-7-24(28(22)32)26(33)9-1-2-15-31-25-8-3-10-27-29(25)35-20-34-27/h3,8,10-14,22,24,26,28,31H,1-2,4-7,9,15-20H2/t22-,24-,26-,28+/m1/s1. The van der Waals surface area contributed by atoms with Gasteiger partial charge in [0.05, 0.1) is 5.69 Å². The topological polar surface area (TPSA) is 37.0 Å². The number of unbranched alkanes of at least 4 members (excludes halogenated alkanes) is 1. The molecule has 0 unspecified atom stereocenters. The van der Waals surface area contributed by atoms with Gasteiger partial charge in [-0.1, -0.05) is 36.2 Å². The van der Waals surface area contributed by atoms with E-state index in [0.29, 0.717) is 12.8 Å². The van der Waals surface area contributed by atoms with Gasteiger partial charge in [0, 0.05) is 36.7 Å². The fraction of sp³-hybridized carbons (Fsp3) is 0.586. The summed E-state index contributed by atoms with van der Waals surface area (Å²) in [7, 11) is 0. The maximum atomic E-state index is 6.18. The molecule has 0 bridgehead atoms. The normalized spacial score (nSPS) is 28.0. The molecule has 188 valence electrons. The van der Waals surface area contributed by atoms with Crippen molar-refractivity contribution in [3.63, 3.8) is 0 Å². The molecule has 3 saturated heterocycles. The average molecular weight is 496 g/mol. The molecule has 1 N–H and O–H groups in total. The van der Waals surface area contributed by atoms with E-state index in [2.05, 4.69) is 33.3 Å². The first-order valence-corrected chi connectivity index (χ1v) is 14.0. The van der Waals surface area contributed by atoms with Crippen molar-refractivity contribution in [2.45, 2.75) is 63.6 Å². The highest BCUT2D eigenvalue weighted by molar-refractivity contribution is 6.30. The summed E-state index contributed by atoms with van der Waals surface area (Å²) in [5.74, 6) is 3.35. The summed E-state index contributed by atoms with van der Waals surface area (Å²) in [4.78, 5) is 5.70. The number of nitrogens with zero attached hydrogens (tertiary/aromatic N) is 2. The molecule has 4 heterocycles. The van der Waals surface area contributed by atoms with E-state index in [1.54, 1.807) is 0 Å². The van der Waals surface area contributed by atoms with Gasteiger partial charge in [-0.3, -0.25) is 9.80 Å². The summed E-state index contributed by atoms with van der Waals surface area (Å²) in [5.41, 5.74) is 2.44. The number of para-hydroxylation sites is 1. The summed E-state index contributed by atoms with van der Waals surface area (Å²) >= 11 is 6.18. The molecule has 35 heavy (non-hydrogen) atoms. The van der Waals surface area contributed by atoms with Crippen LogP contribution in [0.5, 0.6) is 11.5 Å². The summed E-state index contributed by atoms with van der Waals surface area (Å²) in [6.07, 6.45) is 9.22. The van der Waals surface area contributed by atoms with Crippen LogP contribution >= 0.6 is 11.6 Å². The van der Waals surface area contributed by atoms with Gasteiger partial charge in [0.2, 0.25) is 6.79 Å². The lowest BCUT2D eigenvalue weighted by molar-refractivity contribution is -0.0811. The predicted octanol–water partition coefficient (Wildman–Crippen LogP) is 6.03. The molecule has 0 aliphatic carbocycles. The maximum absolute atomic E-state index is 6.18. The lowest BCUT2D eigenvalue weighted by Crippen LogP contribution is -2.64. The minimum absolute atomic E-state index is 0.319. The molecule has 2 aromatic carbocycles. The van der Waals surface area contributed by atoms with Crippen LogP contribution in [0.1, 0.15) is 50.5 Å². The number of hydrogen-bond donors (Lipinski definition) is 1. The molecule has 6 rings (SSSR count). The Bertz CT molecular complexity index is 998. The van der Waals surface area contributed by atoms with Crippen molar-refractivity contribution in [2.24, 2.45) is 11.8 Å². The average Bonchev–Trinajstić information content (AvgIpc) is 3.37. The second-order valence-corrected chi connectivity index (χ2v) is 11.3. The quantitative estimate of drug-likeness (QED) is 0.453. The Morgan fingerprint density at radius 3 is 2.71 bits per heavy atom. The number of hydrogen-bond acceptors (Lipinski definition) is 5. The van der Waals surface area contributed by atoms with Gasteiger partial charge in [0.15, 0.2) is 11.5 Å². The van der Waals surface area contributed by atoms with Gasteiger partial charge in [0.25, 0.3) is 0 Å². The van der Waals surface area contributed by atoms with Crippen LogP contribution in [-0.4, -0.2) is 54.9 Å². The minimum Gasteiger partial charge on any atom is -0.454 e. The molecular formula is C29H38ClN3O2. The van der Waals surface area contributed by atoms with Crippen LogP contribution in [0.3, 0.4) is 0 Å². The van der Waals surface area contributed by atoms with Gasteiger partial charge in [-0.15, -0.1) is 0 Å². The van der Waals surface area contributed by atoms with Crippen LogP contribution in [0, 0.1) is 11.8 Å². The van der Waals surface area contributed by atoms with E-state index in [0.717, 1.165) is 53.2 Å². The fourth-order valence-corrected chi connectivity index (χ4v) is 7.38. The Kier molecular flexibility index (Phi) is 7.09. The number of nitrogens with one attached hydrogen (secondary N) is 1. The van der Waals surface area contributed by atoms with Crippen molar-refractivity contribution in [3.05, 3.63) is 53.1 Å². The summed E-state index contributed by atoms with van der Waals surface area (Å²) < 4.78 is 11.2. The lowest BCUT2D eigenvalue weighted by Gasteiger charge is -2.57. The molecule has 0 radical (unpaired) electrons. The van der Waals surface area contributed by atoms with E-state index in [-0.39, 0.29) is 0 Å². The molecule has 0 saturated carbocycles. The van der Waals surface area contributed by atoms with Crippen LogP contribution < -0.4 is 14.8 Å². The number of halogens is 1. The molecule has 0 amide bonds. The van der Waals surface area contributed by atoms with Crippen molar-refractivity contribution in [1.29, 1.82) is 0 Å². The zero-order valence-corrected chi connectivity index (χ0v) is 21.4. The number of rotatable bonds is 8. The SMILES string of the molecule is Clc1ccc(CN2C[C@H]3CCCN4CCC[C@@H]([C@H]34)[C@H]2CCCCNc2cccc3c2OCO3)cc1. The summed E-state index contributed by atoms with van der Waals surface area (Å²) in [6.45, 7) is 6.22. The van der Waals surface area contributed by atoms with Crippen molar-refractivity contribution < 1.29 is 9.47 Å². The molecule has 2 aromatic rings. The number of anilines is 1. The largest absolute Gasteiger partial charge is 0.454 e. The number of benzene rings is 2. The van der Waals surface area contributed by atoms with Crippen molar-refractivity contribution in [2.75, 3.05) is 38.3 Å². The third-order valence-electron chi connectivity index (χ3n) is 8.72. The number of likely N-dealkylation sites (tertiary alicyclic amines) is 1. The first-order chi connectivity index (χ1) is 17.3. The third kappa shape index (κ3) is 5.00. The molecular weight excluding hydrogens is 458 g/mol. The summed E-state index contributed by atoms with van der Waals surface area (Å²) in [6, 6.07) is 16.1. The second-order valence-electron chi connectivity index (χ2n) is 10.8. The Morgan fingerprint density at radius 1 is 0.971 bits per heavy atom. The number of ether oxygens (including phenoxy) is 2. The van der Waals surface area contributed by atoms with Crippen molar-refractivity contribution in [1.82, 2.24) is 9.80 Å². The molecule has 5 nitrogen and oxygen atoms in total. The van der Waals surface area contributed by atoms with E-state index in [1.807, 2.05) is 24.3 Å². The molecule has 0 spiro atoms. The van der Waals surface area contributed by atoms with Crippen LogP contribution in [-0.2, 0) is 6.54 Å². The van der Waals surface area contributed by atoms with Crippen molar-refractivity contribution in [3.8, 4) is 11.5 Å². The van der Waals surface area contributed by atoms with Gasteiger partial charge in [-0.05, 0) is 93.3 Å². The molecule has 3 fully saturated rings. The molecule has 4 atom stereocenters. The maximum Gasteiger partial charge on any atom is 0.231 e. The molecule has 0 aromatic heterocycles. The first-order valence-electron chi connectivity index (χ1n) is 13.6. The third-order valence-corrected chi connectivity index (χ3v) is 8.97. The molecule has 4 aliphatic rings. The highest BCUT2D eigenvalue weighted by Crippen LogP contribution is 2.44. The Labute approximate surface area is 214 Å². The Hall–Kier alpha value is -1.95.